The van der Waals surface area contributed by atoms with Crippen molar-refractivity contribution in [2.75, 3.05) is 0 Å². The molecule has 0 aliphatic heterocycles. The first kappa shape index (κ1) is 15.6. The standard InChI is InChI=1S/C19H31N/c1-15-8-6-5-7-9-18(15)20-14-16-10-12-17(13-11-16)19(2,3)4/h10-13,15,18,20H,5-9,14H2,1-4H3. The van der Waals surface area contributed by atoms with Crippen molar-refractivity contribution < 1.29 is 0 Å². The number of hydrogen-bond acceptors (Lipinski definition) is 1. The highest BCUT2D eigenvalue weighted by Gasteiger charge is 2.19. The molecule has 1 fully saturated rings. The summed E-state index contributed by atoms with van der Waals surface area (Å²) in [5.41, 5.74) is 3.08. The highest BCUT2D eigenvalue weighted by atomic mass is 14.9. The molecule has 0 heterocycles. The second-order valence-corrected chi connectivity index (χ2v) is 7.55. The molecule has 1 heteroatoms. The second-order valence-electron chi connectivity index (χ2n) is 7.55. The van der Waals surface area contributed by atoms with E-state index in [2.05, 4.69) is 57.3 Å². The van der Waals surface area contributed by atoms with Crippen LogP contribution in [0.1, 0.15) is 70.9 Å². The average Bonchev–Trinajstić information content (AvgIpc) is 2.61. The Morgan fingerprint density at radius 1 is 1.00 bits per heavy atom. The monoisotopic (exact) mass is 273 g/mol. The molecule has 20 heavy (non-hydrogen) atoms. The SMILES string of the molecule is CC1CCCCCC1NCc1ccc(C(C)(C)C)cc1. The van der Waals surface area contributed by atoms with E-state index in [1.54, 1.807) is 0 Å². The Labute approximate surface area is 125 Å². The molecule has 1 aromatic rings. The van der Waals surface area contributed by atoms with Crippen molar-refractivity contribution in [3.8, 4) is 0 Å². The lowest BCUT2D eigenvalue weighted by Crippen LogP contribution is -2.33. The molecule has 0 spiro atoms. The van der Waals surface area contributed by atoms with Gasteiger partial charge in [0.15, 0.2) is 0 Å². The molecule has 2 atom stereocenters. The van der Waals surface area contributed by atoms with Crippen LogP contribution in [-0.4, -0.2) is 6.04 Å². The fraction of sp³-hybridized carbons (Fsp3) is 0.684. The average molecular weight is 273 g/mol. The fourth-order valence-electron chi connectivity index (χ4n) is 3.17. The Bertz CT molecular complexity index is 399. The summed E-state index contributed by atoms with van der Waals surface area (Å²) in [6.45, 7) is 10.2. The summed E-state index contributed by atoms with van der Waals surface area (Å²) in [7, 11) is 0. The summed E-state index contributed by atoms with van der Waals surface area (Å²) < 4.78 is 0. The van der Waals surface area contributed by atoms with Crippen LogP contribution in [-0.2, 0) is 12.0 Å². The van der Waals surface area contributed by atoms with Gasteiger partial charge in [-0.2, -0.15) is 0 Å². The zero-order valence-corrected chi connectivity index (χ0v) is 13.7. The van der Waals surface area contributed by atoms with Gasteiger partial charge >= 0.3 is 0 Å². The van der Waals surface area contributed by atoms with Crippen molar-refractivity contribution >= 4 is 0 Å². The predicted molar refractivity (Wildman–Crippen MR) is 88.0 cm³/mol. The Morgan fingerprint density at radius 3 is 2.30 bits per heavy atom. The van der Waals surface area contributed by atoms with Crippen LogP contribution in [0.25, 0.3) is 0 Å². The molecule has 2 unspecified atom stereocenters. The van der Waals surface area contributed by atoms with E-state index in [-0.39, 0.29) is 5.41 Å². The summed E-state index contributed by atoms with van der Waals surface area (Å²) in [6, 6.07) is 9.85. The minimum absolute atomic E-state index is 0.252. The van der Waals surface area contributed by atoms with E-state index in [4.69, 9.17) is 0 Å². The quantitative estimate of drug-likeness (QED) is 0.761. The van der Waals surface area contributed by atoms with Gasteiger partial charge in [-0.1, -0.05) is 71.2 Å². The topological polar surface area (TPSA) is 12.0 Å². The maximum Gasteiger partial charge on any atom is 0.0208 e. The number of nitrogens with one attached hydrogen (secondary N) is 1. The van der Waals surface area contributed by atoms with E-state index < -0.39 is 0 Å². The largest absolute Gasteiger partial charge is 0.310 e. The van der Waals surface area contributed by atoms with Gasteiger partial charge in [-0.05, 0) is 35.3 Å². The second kappa shape index (κ2) is 6.76. The smallest absolute Gasteiger partial charge is 0.0208 e. The van der Waals surface area contributed by atoms with Gasteiger partial charge in [0, 0.05) is 12.6 Å². The minimum Gasteiger partial charge on any atom is -0.310 e. The van der Waals surface area contributed by atoms with Crippen LogP contribution in [0.2, 0.25) is 0 Å². The molecular formula is C19H31N. The van der Waals surface area contributed by atoms with Crippen LogP contribution in [0.4, 0.5) is 0 Å². The maximum atomic E-state index is 3.79. The van der Waals surface area contributed by atoms with E-state index in [9.17, 15) is 0 Å². The molecule has 1 aliphatic carbocycles. The summed E-state index contributed by atoms with van der Waals surface area (Å²) in [6.07, 6.45) is 6.97. The first-order chi connectivity index (χ1) is 9.47. The van der Waals surface area contributed by atoms with Crippen molar-refractivity contribution in [1.29, 1.82) is 0 Å². The van der Waals surface area contributed by atoms with Crippen LogP contribution in [0, 0.1) is 5.92 Å². The van der Waals surface area contributed by atoms with Crippen LogP contribution in [0.15, 0.2) is 24.3 Å². The highest BCUT2D eigenvalue weighted by Crippen LogP contribution is 2.24. The van der Waals surface area contributed by atoms with Gasteiger partial charge in [-0.15, -0.1) is 0 Å². The third-order valence-electron chi connectivity index (χ3n) is 4.75. The van der Waals surface area contributed by atoms with Crippen LogP contribution in [0.5, 0.6) is 0 Å². The van der Waals surface area contributed by atoms with Crippen LogP contribution in [0.3, 0.4) is 0 Å². The summed E-state index contributed by atoms with van der Waals surface area (Å²) >= 11 is 0. The predicted octanol–water partition coefficient (Wildman–Crippen LogP) is 5.04. The molecule has 2 rings (SSSR count). The van der Waals surface area contributed by atoms with Gasteiger partial charge in [0.2, 0.25) is 0 Å². The summed E-state index contributed by atoms with van der Waals surface area (Å²) in [4.78, 5) is 0. The Morgan fingerprint density at radius 2 is 1.65 bits per heavy atom. The zero-order valence-electron chi connectivity index (χ0n) is 13.7. The van der Waals surface area contributed by atoms with Gasteiger partial charge in [0.1, 0.15) is 0 Å². The van der Waals surface area contributed by atoms with Gasteiger partial charge in [0.25, 0.3) is 0 Å². The summed E-state index contributed by atoms with van der Waals surface area (Å²) in [5.74, 6) is 0.825. The van der Waals surface area contributed by atoms with Gasteiger partial charge in [-0.3, -0.25) is 0 Å². The minimum atomic E-state index is 0.252. The molecule has 112 valence electrons. The van der Waals surface area contributed by atoms with Crippen molar-refractivity contribution in [2.24, 2.45) is 5.92 Å². The van der Waals surface area contributed by atoms with Crippen LogP contribution >= 0.6 is 0 Å². The Balaban J connectivity index is 1.90. The lowest BCUT2D eigenvalue weighted by atomic mass is 9.86. The molecular weight excluding hydrogens is 242 g/mol. The highest BCUT2D eigenvalue weighted by molar-refractivity contribution is 5.27. The first-order valence-electron chi connectivity index (χ1n) is 8.29. The molecule has 0 bridgehead atoms. The zero-order chi connectivity index (χ0) is 14.6. The van der Waals surface area contributed by atoms with E-state index >= 15 is 0 Å². The van der Waals surface area contributed by atoms with Gasteiger partial charge in [0.05, 0.1) is 0 Å². The van der Waals surface area contributed by atoms with Crippen molar-refractivity contribution in [1.82, 2.24) is 5.32 Å². The molecule has 0 saturated heterocycles. The van der Waals surface area contributed by atoms with E-state index in [0.717, 1.165) is 12.5 Å². The van der Waals surface area contributed by atoms with E-state index in [1.165, 1.54) is 43.2 Å². The lowest BCUT2D eigenvalue weighted by molar-refractivity contribution is 0.356. The van der Waals surface area contributed by atoms with Crippen molar-refractivity contribution in [2.45, 2.75) is 77.8 Å². The van der Waals surface area contributed by atoms with Crippen LogP contribution < -0.4 is 5.32 Å². The molecule has 1 N–H and O–H groups in total. The first-order valence-corrected chi connectivity index (χ1v) is 8.29. The number of rotatable bonds is 3. The number of hydrogen-bond donors (Lipinski definition) is 1. The Hall–Kier alpha value is -0.820. The fourth-order valence-corrected chi connectivity index (χ4v) is 3.17. The molecule has 0 amide bonds. The Kier molecular flexibility index (Phi) is 5.26. The molecule has 1 aliphatic rings. The molecule has 1 nitrogen and oxygen atoms in total. The molecule has 0 radical (unpaired) electrons. The lowest BCUT2D eigenvalue weighted by Gasteiger charge is -2.23. The summed E-state index contributed by atoms with van der Waals surface area (Å²) in [5, 5.41) is 3.79. The van der Waals surface area contributed by atoms with E-state index in [0.29, 0.717) is 6.04 Å². The van der Waals surface area contributed by atoms with Crippen molar-refractivity contribution in [3.63, 3.8) is 0 Å². The molecule has 0 aromatic heterocycles. The molecule has 1 aromatic carbocycles. The maximum absolute atomic E-state index is 3.79. The normalized spacial score (nSPS) is 24.4. The van der Waals surface area contributed by atoms with Gasteiger partial charge < -0.3 is 5.32 Å². The number of benzene rings is 1. The molecule has 1 saturated carbocycles. The third kappa shape index (κ3) is 4.34. The van der Waals surface area contributed by atoms with E-state index in [1.807, 2.05) is 0 Å². The van der Waals surface area contributed by atoms with Gasteiger partial charge in [-0.25, -0.2) is 0 Å². The third-order valence-corrected chi connectivity index (χ3v) is 4.75. The van der Waals surface area contributed by atoms with Crippen molar-refractivity contribution in [3.05, 3.63) is 35.4 Å².